The summed E-state index contributed by atoms with van der Waals surface area (Å²) in [4.78, 5) is 36.4. The number of hydrogen-bond acceptors (Lipinski definition) is 12. The summed E-state index contributed by atoms with van der Waals surface area (Å²) in [5.74, 6) is -7.60. The van der Waals surface area contributed by atoms with Gasteiger partial charge in [-0.05, 0) is 38.8 Å². The number of benzene rings is 1. The molecule has 38 heavy (non-hydrogen) atoms. The Morgan fingerprint density at radius 3 is 2.21 bits per heavy atom. The molecule has 2 atom stereocenters. The SMILES string of the molecule is CCCCON(OCCOC(C)C)C(OCCCOC)(Oc1ccccc1)C(O)(OC(C)=O)OC(=O)CC. The van der Waals surface area contributed by atoms with Crippen molar-refractivity contribution in [3.05, 3.63) is 30.3 Å². The zero-order valence-electron chi connectivity index (χ0n) is 23.3. The second-order valence-electron chi connectivity index (χ2n) is 8.39. The Morgan fingerprint density at radius 2 is 1.63 bits per heavy atom. The Hall–Kier alpha value is -2.32. The molecule has 12 nitrogen and oxygen atoms in total. The molecule has 1 N–H and O–H groups in total. The number of nitrogens with zero attached hydrogens (tertiary/aromatic N) is 1. The molecule has 1 aromatic rings. The number of carbonyl (C=O) groups is 2. The zero-order chi connectivity index (χ0) is 28.4. The third-order valence-corrected chi connectivity index (χ3v) is 4.70. The van der Waals surface area contributed by atoms with Crippen LogP contribution in [0.25, 0.3) is 0 Å². The third kappa shape index (κ3) is 11.2. The van der Waals surface area contributed by atoms with E-state index >= 15 is 0 Å². The van der Waals surface area contributed by atoms with E-state index < -0.39 is 23.8 Å². The van der Waals surface area contributed by atoms with Crippen LogP contribution in [0.2, 0.25) is 0 Å². The quantitative estimate of drug-likeness (QED) is 0.105. The summed E-state index contributed by atoms with van der Waals surface area (Å²) < 4.78 is 33.3. The van der Waals surface area contributed by atoms with Crippen molar-refractivity contribution in [3.8, 4) is 5.75 Å². The molecule has 0 heterocycles. The number of hydrogen-bond donors (Lipinski definition) is 1. The van der Waals surface area contributed by atoms with Crippen LogP contribution >= 0.6 is 0 Å². The van der Waals surface area contributed by atoms with E-state index in [2.05, 4.69) is 0 Å². The Bertz CT molecular complexity index is 795. The van der Waals surface area contributed by atoms with Crippen molar-refractivity contribution in [2.75, 3.05) is 40.1 Å². The molecule has 0 aliphatic carbocycles. The molecule has 218 valence electrons. The van der Waals surface area contributed by atoms with Gasteiger partial charge in [0.15, 0.2) is 0 Å². The van der Waals surface area contributed by atoms with Gasteiger partial charge in [-0.25, -0.2) is 0 Å². The molecule has 1 aromatic carbocycles. The van der Waals surface area contributed by atoms with E-state index in [-0.39, 0.29) is 44.7 Å². The van der Waals surface area contributed by atoms with E-state index in [0.717, 1.165) is 18.6 Å². The Balaban J connectivity index is 3.70. The lowest BCUT2D eigenvalue weighted by atomic mass is 10.3. The molecular formula is C26H43NO11. The summed E-state index contributed by atoms with van der Waals surface area (Å²) in [6, 6.07) is 8.23. The maximum Gasteiger partial charge on any atom is 0.465 e. The number of methoxy groups -OCH3 is 1. The molecule has 0 aliphatic rings. The first kappa shape index (κ1) is 33.7. The average molecular weight is 546 g/mol. The molecule has 1 rings (SSSR count). The van der Waals surface area contributed by atoms with Crippen LogP contribution in [0.4, 0.5) is 0 Å². The smallest absolute Gasteiger partial charge is 0.437 e. The van der Waals surface area contributed by atoms with Crippen molar-refractivity contribution in [2.45, 2.75) is 78.3 Å². The summed E-state index contributed by atoms with van der Waals surface area (Å²) in [5, 5.41) is 12.5. The van der Waals surface area contributed by atoms with Crippen LogP contribution in [-0.4, -0.2) is 80.4 Å². The highest BCUT2D eigenvalue weighted by Gasteiger charge is 2.69. The van der Waals surface area contributed by atoms with Crippen LogP contribution in [0.1, 0.15) is 60.3 Å². The largest absolute Gasteiger partial charge is 0.465 e. The summed E-state index contributed by atoms with van der Waals surface area (Å²) in [5.41, 5.74) is 0. The van der Waals surface area contributed by atoms with Gasteiger partial charge in [-0.3, -0.25) is 19.3 Å². The summed E-state index contributed by atoms with van der Waals surface area (Å²) in [6.45, 7) is 8.55. The van der Waals surface area contributed by atoms with Crippen molar-refractivity contribution in [1.29, 1.82) is 0 Å². The van der Waals surface area contributed by atoms with Gasteiger partial charge in [-0.2, -0.15) is 0 Å². The highest BCUT2D eigenvalue weighted by molar-refractivity contribution is 5.70. The third-order valence-electron chi connectivity index (χ3n) is 4.70. The topological polar surface area (TPSA) is 131 Å². The van der Waals surface area contributed by atoms with Crippen LogP contribution in [-0.2, 0) is 42.9 Å². The average Bonchev–Trinajstić information content (AvgIpc) is 2.87. The molecule has 12 heteroatoms. The molecule has 0 fully saturated rings. The van der Waals surface area contributed by atoms with E-state index in [0.29, 0.717) is 19.4 Å². The van der Waals surface area contributed by atoms with Crippen molar-refractivity contribution in [2.24, 2.45) is 0 Å². The fourth-order valence-electron chi connectivity index (χ4n) is 2.93. The predicted molar refractivity (Wildman–Crippen MR) is 135 cm³/mol. The summed E-state index contributed by atoms with van der Waals surface area (Å²) >= 11 is 0. The highest BCUT2D eigenvalue weighted by atomic mass is 17.0. The van der Waals surface area contributed by atoms with Gasteiger partial charge in [-0.15, -0.1) is 0 Å². The minimum Gasteiger partial charge on any atom is -0.437 e. The predicted octanol–water partition coefficient (Wildman–Crippen LogP) is 3.33. The lowest BCUT2D eigenvalue weighted by molar-refractivity contribution is -0.583. The van der Waals surface area contributed by atoms with Gasteiger partial charge >= 0.3 is 23.8 Å². The fourth-order valence-corrected chi connectivity index (χ4v) is 2.93. The second-order valence-corrected chi connectivity index (χ2v) is 8.39. The van der Waals surface area contributed by atoms with Gasteiger partial charge in [0, 0.05) is 32.3 Å². The van der Waals surface area contributed by atoms with E-state index in [9.17, 15) is 14.7 Å². The van der Waals surface area contributed by atoms with Crippen molar-refractivity contribution >= 4 is 11.9 Å². The molecule has 0 aromatic heterocycles. The zero-order valence-corrected chi connectivity index (χ0v) is 23.3. The lowest BCUT2D eigenvalue weighted by Gasteiger charge is -2.45. The fraction of sp³-hybridized carbons (Fsp3) is 0.692. The summed E-state index contributed by atoms with van der Waals surface area (Å²) in [6.07, 6.45) is 1.45. The molecule has 0 saturated heterocycles. The number of unbranched alkanes of at least 4 members (excludes halogenated alkanes) is 1. The number of esters is 2. The van der Waals surface area contributed by atoms with Gasteiger partial charge in [0.1, 0.15) is 5.75 Å². The molecule has 0 saturated carbocycles. The molecule has 2 unspecified atom stereocenters. The Morgan fingerprint density at radius 1 is 0.947 bits per heavy atom. The first-order valence-corrected chi connectivity index (χ1v) is 12.8. The second kappa shape index (κ2) is 18.1. The molecule has 0 bridgehead atoms. The lowest BCUT2D eigenvalue weighted by Crippen LogP contribution is -2.72. The number of aliphatic hydroxyl groups is 1. The van der Waals surface area contributed by atoms with Crippen LogP contribution in [0.5, 0.6) is 5.75 Å². The van der Waals surface area contributed by atoms with Crippen LogP contribution in [0.15, 0.2) is 30.3 Å². The first-order valence-electron chi connectivity index (χ1n) is 12.8. The minimum atomic E-state index is -3.18. The van der Waals surface area contributed by atoms with Gasteiger partial charge in [0.2, 0.25) is 0 Å². The molecule has 0 amide bonds. The van der Waals surface area contributed by atoms with E-state index in [1.807, 2.05) is 20.8 Å². The Labute approximate surface area is 224 Å². The van der Waals surface area contributed by atoms with Gasteiger partial charge in [0.25, 0.3) is 0 Å². The van der Waals surface area contributed by atoms with Crippen molar-refractivity contribution in [1.82, 2.24) is 5.23 Å². The van der Waals surface area contributed by atoms with E-state index in [4.69, 9.17) is 38.1 Å². The number of rotatable bonds is 21. The van der Waals surface area contributed by atoms with Crippen molar-refractivity contribution < 1.29 is 52.8 Å². The maximum absolute atomic E-state index is 12.5. The standard InChI is InChI=1S/C26H43NO11/c1-7-9-18-34-27(35-20-19-32-21(3)4)25(33-17-13-16-31-6,37-23-14-11-10-12-15-23)26(30,36-22(5)28)38-24(29)8-2/h10-12,14-15,21,30H,7-9,13,16-20H2,1-6H3. The van der Waals surface area contributed by atoms with Crippen molar-refractivity contribution in [3.63, 3.8) is 0 Å². The normalized spacial score (nSPS) is 14.7. The molecule has 0 spiro atoms. The number of hydroxylamine groups is 2. The first-order chi connectivity index (χ1) is 18.1. The van der Waals surface area contributed by atoms with Gasteiger partial charge in [-0.1, -0.05) is 38.5 Å². The van der Waals surface area contributed by atoms with E-state index in [1.54, 1.807) is 30.3 Å². The van der Waals surface area contributed by atoms with Gasteiger partial charge in [0.05, 0.1) is 32.5 Å². The number of carbonyl (C=O) groups excluding carboxylic acids is 2. The molecule has 0 aliphatic heterocycles. The number of ether oxygens (including phenoxy) is 6. The minimum absolute atomic E-state index is 0.0767. The van der Waals surface area contributed by atoms with Gasteiger partial charge < -0.3 is 33.5 Å². The van der Waals surface area contributed by atoms with Crippen LogP contribution in [0.3, 0.4) is 0 Å². The number of para-hydroxylation sites is 1. The van der Waals surface area contributed by atoms with Crippen LogP contribution in [0, 0.1) is 0 Å². The summed E-state index contributed by atoms with van der Waals surface area (Å²) in [7, 11) is 1.52. The molecule has 0 radical (unpaired) electrons. The maximum atomic E-state index is 12.5. The van der Waals surface area contributed by atoms with E-state index in [1.165, 1.54) is 14.0 Å². The Kier molecular flexibility index (Phi) is 16.0. The molecular weight excluding hydrogens is 502 g/mol. The monoisotopic (exact) mass is 545 g/mol. The highest BCUT2D eigenvalue weighted by Crippen LogP contribution is 2.37. The van der Waals surface area contributed by atoms with Crippen LogP contribution < -0.4 is 4.74 Å².